The van der Waals surface area contributed by atoms with Crippen molar-refractivity contribution in [2.75, 3.05) is 37.8 Å². The summed E-state index contributed by atoms with van der Waals surface area (Å²) in [5.74, 6) is 0.295. The van der Waals surface area contributed by atoms with Crippen LogP contribution in [-0.4, -0.2) is 48.0 Å². The van der Waals surface area contributed by atoms with Crippen LogP contribution < -0.4 is 9.64 Å². The molecule has 0 radical (unpaired) electrons. The predicted octanol–water partition coefficient (Wildman–Crippen LogP) is 3.20. The number of nitro benzene ring substituents is 1. The Hall–Kier alpha value is -3.04. The summed E-state index contributed by atoms with van der Waals surface area (Å²) in [5, 5.41) is 37.4. The second-order valence-electron chi connectivity index (χ2n) is 5.49. The fourth-order valence-electron chi connectivity index (χ4n) is 2.42. The molecule has 0 amide bonds. The molecular formula is C18H22N4O5. The lowest BCUT2D eigenvalue weighted by Crippen LogP contribution is -2.29. The standard InChI is InChI=1S/C18H22N4O5/c1-2-27-18-13-16(22(25)26)7-8-17(18)20-19-14-3-5-15(6-4-14)21(9-11-23)10-12-24/h3-8,13,23-24H,2,9-12H2,1H3. The fourth-order valence-corrected chi connectivity index (χ4v) is 2.42. The molecule has 9 heteroatoms. The SMILES string of the molecule is CCOc1cc([N+](=O)[O-])ccc1N=Nc1ccc(N(CCO)CCO)cc1. The van der Waals surface area contributed by atoms with Crippen LogP contribution in [0.3, 0.4) is 0 Å². The highest BCUT2D eigenvalue weighted by Gasteiger charge is 2.11. The van der Waals surface area contributed by atoms with Gasteiger partial charge in [-0.15, -0.1) is 5.11 Å². The Bertz CT molecular complexity index is 774. The summed E-state index contributed by atoms with van der Waals surface area (Å²) in [4.78, 5) is 12.2. The molecule has 0 saturated carbocycles. The van der Waals surface area contributed by atoms with E-state index in [1.54, 1.807) is 19.1 Å². The third-order valence-corrected chi connectivity index (χ3v) is 3.68. The summed E-state index contributed by atoms with van der Waals surface area (Å²) in [6, 6.07) is 11.3. The molecule has 0 atom stereocenters. The summed E-state index contributed by atoms with van der Waals surface area (Å²) in [6.45, 7) is 2.94. The van der Waals surface area contributed by atoms with Crippen LogP contribution >= 0.6 is 0 Å². The summed E-state index contributed by atoms with van der Waals surface area (Å²) >= 11 is 0. The molecule has 0 heterocycles. The van der Waals surface area contributed by atoms with Crippen molar-refractivity contribution in [3.8, 4) is 5.75 Å². The van der Waals surface area contributed by atoms with Crippen LogP contribution in [0.1, 0.15) is 6.92 Å². The maximum absolute atomic E-state index is 10.9. The Labute approximate surface area is 156 Å². The third-order valence-electron chi connectivity index (χ3n) is 3.68. The highest BCUT2D eigenvalue weighted by molar-refractivity contribution is 5.57. The number of rotatable bonds is 10. The van der Waals surface area contributed by atoms with Gasteiger partial charge in [-0.3, -0.25) is 10.1 Å². The van der Waals surface area contributed by atoms with Gasteiger partial charge in [0.25, 0.3) is 5.69 Å². The van der Waals surface area contributed by atoms with Crippen molar-refractivity contribution < 1.29 is 19.9 Å². The molecule has 0 aliphatic heterocycles. The maximum Gasteiger partial charge on any atom is 0.273 e. The van der Waals surface area contributed by atoms with Crippen LogP contribution in [0.5, 0.6) is 5.75 Å². The first kappa shape index (κ1) is 20.3. The van der Waals surface area contributed by atoms with Gasteiger partial charge < -0.3 is 19.8 Å². The van der Waals surface area contributed by atoms with E-state index in [0.717, 1.165) is 5.69 Å². The minimum atomic E-state index is -0.493. The van der Waals surface area contributed by atoms with E-state index in [-0.39, 0.29) is 18.9 Å². The second-order valence-corrected chi connectivity index (χ2v) is 5.49. The lowest BCUT2D eigenvalue weighted by atomic mass is 10.2. The Morgan fingerprint density at radius 3 is 2.30 bits per heavy atom. The number of azo groups is 1. The van der Waals surface area contributed by atoms with Crippen molar-refractivity contribution in [1.29, 1.82) is 0 Å². The molecular weight excluding hydrogens is 352 g/mol. The molecule has 0 aliphatic rings. The molecule has 0 bridgehead atoms. The third kappa shape index (κ3) is 5.73. The number of aliphatic hydroxyl groups excluding tert-OH is 2. The zero-order valence-electron chi connectivity index (χ0n) is 15.0. The number of ether oxygens (including phenoxy) is 1. The van der Waals surface area contributed by atoms with Crippen LogP contribution in [0.25, 0.3) is 0 Å². The molecule has 2 aromatic carbocycles. The summed E-state index contributed by atoms with van der Waals surface area (Å²) in [7, 11) is 0. The molecule has 0 fully saturated rings. The van der Waals surface area contributed by atoms with E-state index in [1.807, 2.05) is 17.0 Å². The van der Waals surface area contributed by atoms with E-state index in [2.05, 4.69) is 10.2 Å². The highest BCUT2D eigenvalue weighted by Crippen LogP contribution is 2.33. The molecule has 0 saturated heterocycles. The van der Waals surface area contributed by atoms with Gasteiger partial charge >= 0.3 is 0 Å². The summed E-state index contributed by atoms with van der Waals surface area (Å²) < 4.78 is 5.41. The number of anilines is 1. The van der Waals surface area contributed by atoms with Crippen LogP contribution in [0.2, 0.25) is 0 Å². The van der Waals surface area contributed by atoms with Gasteiger partial charge in [0.1, 0.15) is 5.69 Å². The Morgan fingerprint density at radius 1 is 1.07 bits per heavy atom. The average Bonchev–Trinajstić information content (AvgIpc) is 2.67. The van der Waals surface area contributed by atoms with Gasteiger partial charge in [-0.05, 0) is 37.3 Å². The molecule has 2 N–H and O–H groups in total. The molecule has 27 heavy (non-hydrogen) atoms. The molecule has 0 unspecified atom stereocenters. The number of non-ortho nitro benzene ring substituents is 1. The van der Waals surface area contributed by atoms with Gasteiger partial charge in [0, 0.05) is 24.8 Å². The molecule has 2 rings (SSSR count). The quantitative estimate of drug-likeness (QED) is 0.374. The number of nitro groups is 1. The minimum Gasteiger partial charge on any atom is -0.491 e. The topological polar surface area (TPSA) is 121 Å². The lowest BCUT2D eigenvalue weighted by molar-refractivity contribution is -0.384. The van der Waals surface area contributed by atoms with Crippen molar-refractivity contribution in [3.05, 3.63) is 52.6 Å². The van der Waals surface area contributed by atoms with Crippen molar-refractivity contribution >= 4 is 22.7 Å². The van der Waals surface area contributed by atoms with Gasteiger partial charge in [0.05, 0.1) is 36.5 Å². The van der Waals surface area contributed by atoms with Gasteiger partial charge in [-0.1, -0.05) is 0 Å². The number of hydrogen-bond donors (Lipinski definition) is 2. The van der Waals surface area contributed by atoms with Gasteiger partial charge in [-0.2, -0.15) is 5.11 Å². The fraction of sp³-hybridized carbons (Fsp3) is 0.333. The molecule has 0 aromatic heterocycles. The number of hydrogen-bond acceptors (Lipinski definition) is 8. The van der Waals surface area contributed by atoms with Crippen LogP contribution in [0, 0.1) is 10.1 Å². The highest BCUT2D eigenvalue weighted by atomic mass is 16.6. The Balaban J connectivity index is 2.18. The molecule has 9 nitrogen and oxygen atoms in total. The van der Waals surface area contributed by atoms with E-state index < -0.39 is 4.92 Å². The first-order chi connectivity index (χ1) is 13.1. The van der Waals surface area contributed by atoms with Crippen molar-refractivity contribution in [1.82, 2.24) is 0 Å². The van der Waals surface area contributed by atoms with Gasteiger partial charge in [0.2, 0.25) is 0 Å². The molecule has 0 spiro atoms. The Morgan fingerprint density at radius 2 is 1.74 bits per heavy atom. The van der Waals surface area contributed by atoms with E-state index in [0.29, 0.717) is 36.8 Å². The van der Waals surface area contributed by atoms with E-state index in [1.165, 1.54) is 18.2 Å². The van der Waals surface area contributed by atoms with Gasteiger partial charge in [0.15, 0.2) is 5.75 Å². The normalized spacial score (nSPS) is 10.9. The second kappa shape index (κ2) is 10.2. The number of aliphatic hydroxyl groups is 2. The molecule has 2 aromatic rings. The molecule has 0 aliphatic carbocycles. The first-order valence-corrected chi connectivity index (χ1v) is 8.48. The Kier molecular flexibility index (Phi) is 7.65. The van der Waals surface area contributed by atoms with Crippen LogP contribution in [0.4, 0.5) is 22.7 Å². The van der Waals surface area contributed by atoms with Crippen LogP contribution in [0.15, 0.2) is 52.7 Å². The monoisotopic (exact) mass is 374 g/mol. The van der Waals surface area contributed by atoms with Gasteiger partial charge in [-0.25, -0.2) is 0 Å². The van der Waals surface area contributed by atoms with Crippen LogP contribution in [-0.2, 0) is 0 Å². The number of nitrogens with zero attached hydrogens (tertiary/aromatic N) is 4. The van der Waals surface area contributed by atoms with Crippen molar-refractivity contribution in [2.24, 2.45) is 10.2 Å². The zero-order chi connectivity index (χ0) is 19.6. The zero-order valence-corrected chi connectivity index (χ0v) is 15.0. The molecule has 144 valence electrons. The maximum atomic E-state index is 10.9. The van der Waals surface area contributed by atoms with E-state index >= 15 is 0 Å². The first-order valence-electron chi connectivity index (χ1n) is 8.48. The van der Waals surface area contributed by atoms with E-state index in [4.69, 9.17) is 14.9 Å². The van der Waals surface area contributed by atoms with Crippen molar-refractivity contribution in [3.63, 3.8) is 0 Å². The summed E-state index contributed by atoms with van der Waals surface area (Å²) in [5.41, 5.74) is 1.76. The minimum absolute atomic E-state index is 0.0121. The van der Waals surface area contributed by atoms with Crippen molar-refractivity contribution in [2.45, 2.75) is 6.92 Å². The number of benzene rings is 2. The van der Waals surface area contributed by atoms with E-state index in [9.17, 15) is 10.1 Å². The predicted molar refractivity (Wildman–Crippen MR) is 101 cm³/mol. The lowest BCUT2D eigenvalue weighted by Gasteiger charge is -2.22. The largest absolute Gasteiger partial charge is 0.491 e. The smallest absolute Gasteiger partial charge is 0.273 e. The average molecular weight is 374 g/mol. The summed E-state index contributed by atoms with van der Waals surface area (Å²) in [6.07, 6.45) is 0.